The maximum absolute atomic E-state index is 11.9. The lowest BCUT2D eigenvalue weighted by atomic mass is 10.1. The van der Waals surface area contributed by atoms with Gasteiger partial charge in [0.25, 0.3) is 0 Å². The van der Waals surface area contributed by atoms with E-state index in [1.807, 2.05) is 32.9 Å². The summed E-state index contributed by atoms with van der Waals surface area (Å²) in [6.45, 7) is 8.41. The number of aromatic nitrogens is 1. The summed E-state index contributed by atoms with van der Waals surface area (Å²) in [6.07, 6.45) is 4.07. The highest BCUT2D eigenvalue weighted by atomic mass is 16.6. The van der Waals surface area contributed by atoms with Crippen molar-refractivity contribution < 1.29 is 13.9 Å². The Bertz CT molecular complexity index is 701. The van der Waals surface area contributed by atoms with Gasteiger partial charge in [0.15, 0.2) is 0 Å². The zero-order chi connectivity index (χ0) is 17.2. The molecule has 24 heavy (non-hydrogen) atoms. The van der Waals surface area contributed by atoms with Crippen LogP contribution in [0.2, 0.25) is 0 Å². The second-order valence-corrected chi connectivity index (χ2v) is 6.96. The number of nitrogens with one attached hydrogen (secondary N) is 1. The van der Waals surface area contributed by atoms with Crippen LogP contribution in [0.1, 0.15) is 32.9 Å². The van der Waals surface area contributed by atoms with Crippen molar-refractivity contribution in [2.45, 2.75) is 39.3 Å². The minimum atomic E-state index is -0.540. The molecule has 0 unspecified atom stereocenters. The molecule has 2 aromatic rings. The number of furan rings is 1. The molecule has 3 rings (SSSR count). The Kier molecular flexibility index (Phi) is 4.57. The van der Waals surface area contributed by atoms with E-state index in [2.05, 4.69) is 15.2 Å². The van der Waals surface area contributed by atoms with Crippen molar-refractivity contribution in [2.24, 2.45) is 0 Å². The first-order valence-electron chi connectivity index (χ1n) is 8.15. The van der Waals surface area contributed by atoms with Crippen LogP contribution in [0, 0.1) is 0 Å². The summed E-state index contributed by atoms with van der Waals surface area (Å²) >= 11 is 0. The zero-order valence-electron chi connectivity index (χ0n) is 14.3. The van der Waals surface area contributed by atoms with E-state index >= 15 is 0 Å². The molecule has 1 fully saturated rings. The van der Waals surface area contributed by atoms with Crippen LogP contribution in [0.3, 0.4) is 0 Å². The SMILES string of the molecule is CC(C)(C)OC(=O)Nc1ccc(-c2ccoc2)c(CN2CCC2)n1. The average Bonchev–Trinajstić information content (AvgIpc) is 2.95. The molecule has 0 spiro atoms. The predicted molar refractivity (Wildman–Crippen MR) is 91.7 cm³/mol. The predicted octanol–water partition coefficient (Wildman–Crippen LogP) is 3.89. The lowest BCUT2D eigenvalue weighted by Crippen LogP contribution is -2.36. The van der Waals surface area contributed by atoms with Gasteiger partial charge in [-0.2, -0.15) is 0 Å². The molecule has 0 aliphatic carbocycles. The molecule has 1 aliphatic rings. The molecule has 1 saturated heterocycles. The van der Waals surface area contributed by atoms with E-state index in [1.54, 1.807) is 18.6 Å². The monoisotopic (exact) mass is 329 g/mol. The van der Waals surface area contributed by atoms with E-state index < -0.39 is 11.7 Å². The number of pyridine rings is 1. The van der Waals surface area contributed by atoms with Crippen molar-refractivity contribution in [3.05, 3.63) is 36.4 Å². The summed E-state index contributed by atoms with van der Waals surface area (Å²) in [5.74, 6) is 0.493. The van der Waals surface area contributed by atoms with Gasteiger partial charge in [0.05, 0.1) is 18.2 Å². The van der Waals surface area contributed by atoms with Gasteiger partial charge in [0.1, 0.15) is 11.4 Å². The second-order valence-electron chi connectivity index (χ2n) is 6.96. The number of anilines is 1. The number of carbonyl (C=O) groups excluding carboxylic acids is 1. The highest BCUT2D eigenvalue weighted by molar-refractivity contribution is 5.84. The smallest absolute Gasteiger partial charge is 0.413 e. The molecule has 1 aliphatic heterocycles. The van der Waals surface area contributed by atoms with Crippen LogP contribution in [0.5, 0.6) is 0 Å². The van der Waals surface area contributed by atoms with Gasteiger partial charge in [-0.05, 0) is 58.5 Å². The van der Waals surface area contributed by atoms with Gasteiger partial charge in [-0.1, -0.05) is 0 Å². The molecule has 3 heterocycles. The highest BCUT2D eigenvalue weighted by Crippen LogP contribution is 2.27. The zero-order valence-corrected chi connectivity index (χ0v) is 14.3. The first kappa shape index (κ1) is 16.5. The van der Waals surface area contributed by atoms with Crippen LogP contribution < -0.4 is 5.32 Å². The molecule has 0 saturated carbocycles. The fourth-order valence-corrected chi connectivity index (χ4v) is 2.53. The first-order chi connectivity index (χ1) is 11.4. The van der Waals surface area contributed by atoms with Gasteiger partial charge in [0.2, 0.25) is 0 Å². The van der Waals surface area contributed by atoms with Crippen LogP contribution in [-0.4, -0.2) is 34.7 Å². The molecule has 1 amide bonds. The number of hydrogen-bond acceptors (Lipinski definition) is 5. The Morgan fingerprint density at radius 1 is 1.33 bits per heavy atom. The number of rotatable bonds is 4. The number of amides is 1. The Morgan fingerprint density at radius 2 is 2.12 bits per heavy atom. The van der Waals surface area contributed by atoms with Crippen LogP contribution in [0.4, 0.5) is 10.6 Å². The van der Waals surface area contributed by atoms with Crippen LogP contribution in [0.15, 0.2) is 35.1 Å². The van der Waals surface area contributed by atoms with Crippen molar-refractivity contribution in [1.29, 1.82) is 0 Å². The van der Waals surface area contributed by atoms with Crippen molar-refractivity contribution in [3.63, 3.8) is 0 Å². The highest BCUT2D eigenvalue weighted by Gasteiger charge is 2.20. The third-order valence-corrected chi connectivity index (χ3v) is 3.76. The van der Waals surface area contributed by atoms with Gasteiger partial charge < -0.3 is 9.15 Å². The molecule has 1 N–H and O–H groups in total. The summed E-state index contributed by atoms with van der Waals surface area (Å²) < 4.78 is 10.5. The van der Waals surface area contributed by atoms with Crippen LogP contribution >= 0.6 is 0 Å². The summed E-state index contributed by atoms with van der Waals surface area (Å²) in [6, 6.07) is 5.66. The second kappa shape index (κ2) is 6.65. The van der Waals surface area contributed by atoms with Gasteiger partial charge in [-0.15, -0.1) is 0 Å². The normalized spacial score (nSPS) is 15.0. The van der Waals surface area contributed by atoms with E-state index in [9.17, 15) is 4.79 Å². The minimum Gasteiger partial charge on any atom is -0.472 e. The van der Waals surface area contributed by atoms with Gasteiger partial charge in [-0.25, -0.2) is 9.78 Å². The van der Waals surface area contributed by atoms with Gasteiger partial charge >= 0.3 is 6.09 Å². The molecular formula is C18H23N3O3. The minimum absolute atomic E-state index is 0.493. The molecule has 2 aromatic heterocycles. The molecule has 0 radical (unpaired) electrons. The maximum atomic E-state index is 11.9. The molecule has 6 heteroatoms. The number of carbonyl (C=O) groups is 1. The lowest BCUT2D eigenvalue weighted by molar-refractivity contribution is 0.0635. The van der Waals surface area contributed by atoms with Crippen molar-refractivity contribution >= 4 is 11.9 Å². The van der Waals surface area contributed by atoms with Gasteiger partial charge in [-0.3, -0.25) is 10.2 Å². The first-order valence-corrected chi connectivity index (χ1v) is 8.15. The molecule has 0 aromatic carbocycles. The topological polar surface area (TPSA) is 67.6 Å². The van der Waals surface area contributed by atoms with Gasteiger partial charge in [0, 0.05) is 17.7 Å². The summed E-state index contributed by atoms with van der Waals surface area (Å²) in [4.78, 5) is 18.9. The standard InChI is InChI=1S/C18H23N3O3/c1-18(2,3)24-17(22)20-16-6-5-14(13-7-10-23-12-13)15(19-16)11-21-8-4-9-21/h5-7,10,12H,4,8-9,11H2,1-3H3,(H,19,20,22). The molecule has 6 nitrogen and oxygen atoms in total. The molecular weight excluding hydrogens is 306 g/mol. The Morgan fingerprint density at radius 3 is 2.71 bits per heavy atom. The maximum Gasteiger partial charge on any atom is 0.413 e. The summed E-state index contributed by atoms with van der Waals surface area (Å²) in [7, 11) is 0. The van der Waals surface area contributed by atoms with Crippen molar-refractivity contribution in [3.8, 4) is 11.1 Å². The third kappa shape index (κ3) is 4.14. The van der Waals surface area contributed by atoms with Crippen LogP contribution in [-0.2, 0) is 11.3 Å². The Balaban J connectivity index is 1.81. The average molecular weight is 329 g/mol. The molecule has 0 atom stereocenters. The third-order valence-electron chi connectivity index (χ3n) is 3.76. The van der Waals surface area contributed by atoms with E-state index in [0.717, 1.165) is 36.5 Å². The van der Waals surface area contributed by atoms with E-state index in [0.29, 0.717) is 5.82 Å². The quantitative estimate of drug-likeness (QED) is 0.921. The summed E-state index contributed by atoms with van der Waals surface area (Å²) in [5.41, 5.74) is 2.39. The van der Waals surface area contributed by atoms with Crippen molar-refractivity contribution in [2.75, 3.05) is 18.4 Å². The fourth-order valence-electron chi connectivity index (χ4n) is 2.53. The van der Waals surface area contributed by atoms with E-state index in [1.165, 1.54) is 6.42 Å². The Labute approximate surface area is 141 Å². The number of likely N-dealkylation sites (tertiary alicyclic amines) is 1. The number of hydrogen-bond donors (Lipinski definition) is 1. The van der Waals surface area contributed by atoms with E-state index in [4.69, 9.17) is 9.15 Å². The molecule has 0 bridgehead atoms. The number of nitrogens with zero attached hydrogens (tertiary/aromatic N) is 2. The largest absolute Gasteiger partial charge is 0.472 e. The summed E-state index contributed by atoms with van der Waals surface area (Å²) in [5, 5.41) is 2.71. The molecule has 128 valence electrons. The Hall–Kier alpha value is -2.34. The lowest BCUT2D eigenvalue weighted by Gasteiger charge is -2.31. The van der Waals surface area contributed by atoms with Crippen molar-refractivity contribution in [1.82, 2.24) is 9.88 Å². The fraction of sp³-hybridized carbons (Fsp3) is 0.444. The van der Waals surface area contributed by atoms with E-state index in [-0.39, 0.29) is 0 Å². The number of ether oxygens (including phenoxy) is 1. The van der Waals surface area contributed by atoms with Crippen LogP contribution in [0.25, 0.3) is 11.1 Å².